The smallest absolute Gasteiger partial charge is 0.252 e. The van der Waals surface area contributed by atoms with Gasteiger partial charge in [0, 0.05) is 5.69 Å². The molecule has 0 saturated carbocycles. The Morgan fingerprint density at radius 1 is 1.36 bits per heavy atom. The number of nitrogens with zero attached hydrogens (tertiary/aromatic N) is 1. The van der Waals surface area contributed by atoms with Crippen molar-refractivity contribution in [3.8, 4) is 0 Å². The highest BCUT2D eigenvalue weighted by molar-refractivity contribution is 8.02. The van der Waals surface area contributed by atoms with Crippen molar-refractivity contribution < 1.29 is 4.79 Å². The second kappa shape index (κ2) is 9.10. The van der Waals surface area contributed by atoms with Gasteiger partial charge in [0.2, 0.25) is 0 Å². The van der Waals surface area contributed by atoms with E-state index in [9.17, 15) is 4.79 Å². The third-order valence-corrected chi connectivity index (χ3v) is 3.97. The number of carbonyl (C=O) groups is 1. The van der Waals surface area contributed by atoms with E-state index in [1.165, 1.54) is 5.57 Å². The molecule has 3 N–H and O–H groups in total. The first-order valence-electron chi connectivity index (χ1n) is 7.14. The van der Waals surface area contributed by atoms with E-state index in [0.29, 0.717) is 11.4 Å². The lowest BCUT2D eigenvalue weighted by Crippen LogP contribution is -2.26. The Hall–Kier alpha value is -2.01. The van der Waals surface area contributed by atoms with Crippen LogP contribution in [0.5, 0.6) is 0 Å². The first-order valence-corrected chi connectivity index (χ1v) is 8.36. The number of hydrogen-bond acceptors (Lipinski definition) is 3. The molecule has 5 heteroatoms. The zero-order chi connectivity index (χ0) is 16.5. The van der Waals surface area contributed by atoms with E-state index >= 15 is 0 Å². The largest absolute Gasteiger partial charge is 0.365 e. The quantitative estimate of drug-likeness (QED) is 0.474. The lowest BCUT2D eigenvalue weighted by Gasteiger charge is -2.13. The van der Waals surface area contributed by atoms with Crippen LogP contribution in [-0.4, -0.2) is 18.0 Å². The Balaban J connectivity index is 3.31. The number of primary amides is 1. The second-order valence-corrected chi connectivity index (χ2v) is 5.46. The molecular formula is C17H23N3OS. The van der Waals surface area contributed by atoms with Gasteiger partial charge in [-0.1, -0.05) is 31.2 Å². The van der Waals surface area contributed by atoms with Gasteiger partial charge in [0.25, 0.3) is 5.91 Å². The predicted molar refractivity (Wildman–Crippen MR) is 97.0 cm³/mol. The van der Waals surface area contributed by atoms with Crippen LogP contribution >= 0.6 is 11.8 Å². The van der Waals surface area contributed by atoms with Crippen LogP contribution in [0, 0.1) is 0 Å². The van der Waals surface area contributed by atoms with Gasteiger partial charge in [0.05, 0.1) is 10.6 Å². The van der Waals surface area contributed by atoms with Crippen LogP contribution in [0.25, 0.3) is 0 Å². The molecule has 0 aliphatic rings. The summed E-state index contributed by atoms with van der Waals surface area (Å²) in [6.45, 7) is 5.89. The highest BCUT2D eigenvalue weighted by Gasteiger charge is 2.14. The van der Waals surface area contributed by atoms with Gasteiger partial charge < -0.3 is 11.1 Å². The molecule has 0 radical (unpaired) electrons. The van der Waals surface area contributed by atoms with Gasteiger partial charge in [0.15, 0.2) is 0 Å². The fourth-order valence-corrected chi connectivity index (χ4v) is 2.45. The summed E-state index contributed by atoms with van der Waals surface area (Å²) in [7, 11) is 0. The maximum absolute atomic E-state index is 11.7. The van der Waals surface area contributed by atoms with Crippen LogP contribution in [0.1, 0.15) is 27.2 Å². The van der Waals surface area contributed by atoms with E-state index in [1.807, 2.05) is 43.5 Å². The number of amides is 1. The molecule has 0 saturated heterocycles. The minimum Gasteiger partial charge on any atom is -0.365 e. The number of carbonyl (C=O) groups excluding carboxylic acids is 1. The van der Waals surface area contributed by atoms with Crippen molar-refractivity contribution in [2.24, 2.45) is 10.7 Å². The Bertz CT molecular complexity index is 604. The fraction of sp³-hybridized carbons (Fsp3) is 0.294. The normalized spacial score (nSPS) is 13.6. The monoisotopic (exact) mass is 317 g/mol. The number of aliphatic imine (C=N–C) groups is 1. The van der Waals surface area contributed by atoms with E-state index in [-0.39, 0.29) is 0 Å². The number of allylic oxidation sites excluding steroid dienone is 2. The SMILES string of the molecule is C\C=C(C(N)=O)/C(=N\C(SC)=C(/C)CC)Nc1ccccc1. The van der Waals surface area contributed by atoms with Gasteiger partial charge in [-0.25, -0.2) is 4.99 Å². The Labute approximate surface area is 136 Å². The number of rotatable bonds is 6. The summed E-state index contributed by atoms with van der Waals surface area (Å²) in [5.74, 6) is -0.0300. The Kier molecular flexibility index (Phi) is 7.46. The molecule has 1 aromatic carbocycles. The molecule has 0 atom stereocenters. The van der Waals surface area contributed by atoms with Gasteiger partial charge in [-0.05, 0) is 44.2 Å². The summed E-state index contributed by atoms with van der Waals surface area (Å²) in [5, 5.41) is 4.08. The summed E-state index contributed by atoms with van der Waals surface area (Å²) < 4.78 is 0. The predicted octanol–water partition coefficient (Wildman–Crippen LogP) is 3.93. The lowest BCUT2D eigenvalue weighted by molar-refractivity contribution is -0.114. The van der Waals surface area contributed by atoms with E-state index < -0.39 is 5.91 Å². The molecule has 0 spiro atoms. The third-order valence-electron chi connectivity index (χ3n) is 3.15. The molecule has 1 amide bonds. The molecule has 0 fully saturated rings. The van der Waals surface area contributed by atoms with Gasteiger partial charge >= 0.3 is 0 Å². The molecule has 0 heterocycles. The standard InChI is InChI=1S/C17H23N3OS/c1-5-12(3)17(22-4)20-16(14(6-2)15(18)21)19-13-10-8-7-9-11-13/h6-11H,5H2,1-4H3,(H2,18,21)(H,19,20)/b14-6-,17-12-. The van der Waals surface area contributed by atoms with Gasteiger partial charge in [-0.15, -0.1) is 11.8 Å². The van der Waals surface area contributed by atoms with Crippen LogP contribution in [0.4, 0.5) is 5.69 Å². The van der Waals surface area contributed by atoms with Crippen molar-refractivity contribution in [2.75, 3.05) is 11.6 Å². The highest BCUT2D eigenvalue weighted by Crippen LogP contribution is 2.22. The summed E-state index contributed by atoms with van der Waals surface area (Å²) in [5.41, 5.74) is 7.88. The third kappa shape index (κ3) is 5.07. The number of amidine groups is 1. The number of para-hydroxylation sites is 1. The zero-order valence-corrected chi connectivity index (χ0v) is 14.3. The minimum absolute atomic E-state index is 0.374. The van der Waals surface area contributed by atoms with Crippen molar-refractivity contribution in [3.05, 3.63) is 52.6 Å². The van der Waals surface area contributed by atoms with Crippen molar-refractivity contribution >= 4 is 29.2 Å². The Morgan fingerprint density at radius 3 is 2.45 bits per heavy atom. The summed E-state index contributed by atoms with van der Waals surface area (Å²) >= 11 is 1.55. The van der Waals surface area contributed by atoms with Crippen LogP contribution in [0.15, 0.2) is 57.6 Å². The first kappa shape index (κ1) is 18.0. The van der Waals surface area contributed by atoms with Crippen LogP contribution in [0.3, 0.4) is 0 Å². The molecule has 118 valence electrons. The molecule has 0 unspecified atom stereocenters. The number of nitrogens with two attached hydrogens (primary N) is 1. The van der Waals surface area contributed by atoms with Crippen LogP contribution < -0.4 is 11.1 Å². The molecule has 0 aromatic heterocycles. The summed E-state index contributed by atoms with van der Waals surface area (Å²) in [6.07, 6.45) is 4.55. The minimum atomic E-state index is -0.501. The van der Waals surface area contributed by atoms with E-state index in [0.717, 1.165) is 17.1 Å². The molecule has 1 aromatic rings. The first-order chi connectivity index (χ1) is 10.5. The molecule has 0 aliphatic heterocycles. The second-order valence-electron chi connectivity index (χ2n) is 4.66. The molecule has 0 bridgehead atoms. The molecule has 0 aliphatic carbocycles. The number of thioether (sulfide) groups is 1. The van der Waals surface area contributed by atoms with Gasteiger partial charge in [-0.3, -0.25) is 4.79 Å². The average molecular weight is 317 g/mol. The molecule has 4 nitrogen and oxygen atoms in total. The Morgan fingerprint density at radius 2 is 2.00 bits per heavy atom. The molecule has 22 heavy (non-hydrogen) atoms. The summed E-state index contributed by atoms with van der Waals surface area (Å²) in [4.78, 5) is 16.3. The summed E-state index contributed by atoms with van der Waals surface area (Å²) in [6, 6.07) is 9.60. The fourth-order valence-electron chi connectivity index (χ4n) is 1.78. The van der Waals surface area contributed by atoms with Crippen molar-refractivity contribution in [2.45, 2.75) is 27.2 Å². The van der Waals surface area contributed by atoms with E-state index in [2.05, 4.69) is 17.2 Å². The number of anilines is 1. The number of benzene rings is 1. The van der Waals surface area contributed by atoms with Crippen LogP contribution in [-0.2, 0) is 4.79 Å². The molecular weight excluding hydrogens is 294 g/mol. The van der Waals surface area contributed by atoms with E-state index in [4.69, 9.17) is 5.73 Å². The van der Waals surface area contributed by atoms with E-state index in [1.54, 1.807) is 24.8 Å². The number of nitrogens with one attached hydrogen (secondary N) is 1. The highest BCUT2D eigenvalue weighted by atomic mass is 32.2. The van der Waals surface area contributed by atoms with Crippen molar-refractivity contribution in [1.29, 1.82) is 0 Å². The topological polar surface area (TPSA) is 67.5 Å². The van der Waals surface area contributed by atoms with Gasteiger partial charge in [0.1, 0.15) is 5.84 Å². The van der Waals surface area contributed by atoms with Crippen LogP contribution in [0.2, 0.25) is 0 Å². The maximum atomic E-state index is 11.7. The lowest BCUT2D eigenvalue weighted by atomic mass is 10.2. The van der Waals surface area contributed by atoms with Crippen molar-refractivity contribution in [3.63, 3.8) is 0 Å². The zero-order valence-electron chi connectivity index (χ0n) is 13.5. The number of hydrogen-bond donors (Lipinski definition) is 2. The van der Waals surface area contributed by atoms with Gasteiger partial charge in [-0.2, -0.15) is 0 Å². The van der Waals surface area contributed by atoms with Crippen molar-refractivity contribution in [1.82, 2.24) is 0 Å². The maximum Gasteiger partial charge on any atom is 0.252 e. The average Bonchev–Trinajstić information content (AvgIpc) is 2.52. The molecule has 1 rings (SSSR count).